The van der Waals surface area contributed by atoms with E-state index >= 15 is 0 Å². The van der Waals surface area contributed by atoms with Gasteiger partial charge in [-0.25, -0.2) is 0 Å². The molecule has 104 valence electrons. The van der Waals surface area contributed by atoms with Crippen molar-refractivity contribution >= 4 is 0 Å². The standard InChI is InChI=1S/C11H26N2O4/c1-2-11(12(3-7-14)4-8-15)13(5-9-16)6-10-17/h11,14-17H,2-10H2,1H3. The van der Waals surface area contributed by atoms with Crippen LogP contribution in [0.15, 0.2) is 0 Å². The molecule has 0 saturated carbocycles. The van der Waals surface area contributed by atoms with Gasteiger partial charge in [-0.1, -0.05) is 6.92 Å². The molecular formula is C11H26N2O4. The normalized spacial score (nSPS) is 12.0. The average Bonchev–Trinajstić information content (AvgIpc) is 2.31. The minimum absolute atomic E-state index is 0.0219. The van der Waals surface area contributed by atoms with Crippen LogP contribution in [-0.4, -0.2) is 89.0 Å². The predicted octanol–water partition coefficient (Wildman–Crippen LogP) is -1.70. The summed E-state index contributed by atoms with van der Waals surface area (Å²) >= 11 is 0. The first-order valence-electron chi connectivity index (χ1n) is 6.16. The van der Waals surface area contributed by atoms with Crippen molar-refractivity contribution < 1.29 is 20.4 Å². The van der Waals surface area contributed by atoms with Gasteiger partial charge >= 0.3 is 0 Å². The molecule has 0 amide bonds. The number of aliphatic hydroxyl groups is 4. The Bertz CT molecular complexity index is 144. The van der Waals surface area contributed by atoms with Gasteiger partial charge in [-0.2, -0.15) is 0 Å². The van der Waals surface area contributed by atoms with Gasteiger partial charge in [0.05, 0.1) is 32.6 Å². The highest BCUT2D eigenvalue weighted by atomic mass is 16.3. The Labute approximate surface area is 103 Å². The molecule has 0 aliphatic heterocycles. The maximum Gasteiger partial charge on any atom is 0.0622 e. The fourth-order valence-corrected chi connectivity index (χ4v) is 2.08. The van der Waals surface area contributed by atoms with Crippen molar-refractivity contribution in [2.45, 2.75) is 19.5 Å². The van der Waals surface area contributed by atoms with E-state index in [1.165, 1.54) is 0 Å². The maximum atomic E-state index is 9.01. The van der Waals surface area contributed by atoms with Crippen LogP contribution in [0.5, 0.6) is 0 Å². The molecule has 17 heavy (non-hydrogen) atoms. The van der Waals surface area contributed by atoms with E-state index in [9.17, 15) is 0 Å². The fourth-order valence-electron chi connectivity index (χ4n) is 2.08. The summed E-state index contributed by atoms with van der Waals surface area (Å²) in [6, 6.07) is 0. The smallest absolute Gasteiger partial charge is 0.0622 e. The van der Waals surface area contributed by atoms with Gasteiger partial charge in [-0.05, 0) is 6.42 Å². The first-order valence-corrected chi connectivity index (χ1v) is 6.16. The van der Waals surface area contributed by atoms with Crippen molar-refractivity contribution in [3.8, 4) is 0 Å². The molecule has 0 spiro atoms. The summed E-state index contributed by atoms with van der Waals surface area (Å²) < 4.78 is 0. The van der Waals surface area contributed by atoms with Crippen LogP contribution in [-0.2, 0) is 0 Å². The third kappa shape index (κ3) is 6.30. The van der Waals surface area contributed by atoms with E-state index in [-0.39, 0.29) is 32.6 Å². The van der Waals surface area contributed by atoms with Crippen LogP contribution in [0.3, 0.4) is 0 Å². The lowest BCUT2D eigenvalue weighted by molar-refractivity contribution is 0.00185. The zero-order valence-corrected chi connectivity index (χ0v) is 10.6. The van der Waals surface area contributed by atoms with Gasteiger partial charge in [0.1, 0.15) is 0 Å². The highest BCUT2D eigenvalue weighted by Gasteiger charge is 2.22. The lowest BCUT2D eigenvalue weighted by atomic mass is 10.2. The maximum absolute atomic E-state index is 9.01. The molecule has 4 N–H and O–H groups in total. The second-order valence-electron chi connectivity index (χ2n) is 3.86. The van der Waals surface area contributed by atoms with Crippen molar-refractivity contribution in [2.75, 3.05) is 52.6 Å². The first kappa shape index (κ1) is 16.8. The van der Waals surface area contributed by atoms with Crippen LogP contribution in [0.2, 0.25) is 0 Å². The molecule has 0 rings (SSSR count). The Morgan fingerprint density at radius 3 is 1.18 bits per heavy atom. The molecule has 0 unspecified atom stereocenters. The first-order chi connectivity index (χ1) is 8.24. The van der Waals surface area contributed by atoms with Gasteiger partial charge in [-0.3, -0.25) is 9.80 Å². The summed E-state index contributed by atoms with van der Waals surface area (Å²) in [7, 11) is 0. The summed E-state index contributed by atoms with van der Waals surface area (Å²) in [4.78, 5) is 3.93. The quantitative estimate of drug-likeness (QED) is 0.327. The van der Waals surface area contributed by atoms with E-state index in [2.05, 4.69) is 0 Å². The summed E-state index contributed by atoms with van der Waals surface area (Å²) in [6.45, 7) is 4.04. The van der Waals surface area contributed by atoms with E-state index < -0.39 is 0 Å². The molecule has 6 nitrogen and oxygen atoms in total. The largest absolute Gasteiger partial charge is 0.395 e. The minimum atomic E-state index is 0.0219. The molecular weight excluding hydrogens is 224 g/mol. The van der Waals surface area contributed by atoms with Crippen LogP contribution >= 0.6 is 0 Å². The number of nitrogens with zero attached hydrogens (tertiary/aromatic N) is 2. The van der Waals surface area contributed by atoms with Gasteiger partial charge in [-0.15, -0.1) is 0 Å². The zero-order valence-electron chi connectivity index (χ0n) is 10.6. The Kier molecular flexibility index (Phi) is 10.7. The third-order valence-corrected chi connectivity index (χ3v) is 2.76. The molecule has 0 aromatic carbocycles. The van der Waals surface area contributed by atoms with Crippen LogP contribution < -0.4 is 0 Å². The summed E-state index contributed by atoms with van der Waals surface area (Å²) in [5, 5.41) is 36.0. The van der Waals surface area contributed by atoms with E-state index in [0.29, 0.717) is 26.2 Å². The highest BCUT2D eigenvalue weighted by Crippen LogP contribution is 2.09. The van der Waals surface area contributed by atoms with Crippen LogP contribution in [0.1, 0.15) is 13.3 Å². The molecule has 0 aliphatic carbocycles. The Hall–Kier alpha value is -0.240. The number of rotatable bonds is 11. The monoisotopic (exact) mass is 250 g/mol. The molecule has 0 aliphatic rings. The van der Waals surface area contributed by atoms with E-state index in [0.717, 1.165) is 6.42 Å². The molecule has 0 atom stereocenters. The van der Waals surface area contributed by atoms with E-state index in [4.69, 9.17) is 20.4 Å². The topological polar surface area (TPSA) is 87.4 Å². The van der Waals surface area contributed by atoms with Gasteiger partial charge in [0, 0.05) is 26.2 Å². The van der Waals surface area contributed by atoms with Crippen molar-refractivity contribution in [3.63, 3.8) is 0 Å². The van der Waals surface area contributed by atoms with Crippen molar-refractivity contribution in [1.82, 2.24) is 9.80 Å². The lowest BCUT2D eigenvalue weighted by Gasteiger charge is -2.38. The van der Waals surface area contributed by atoms with Gasteiger partial charge < -0.3 is 20.4 Å². The lowest BCUT2D eigenvalue weighted by Crippen LogP contribution is -2.51. The molecule has 0 radical (unpaired) electrons. The Balaban J connectivity index is 4.55. The SMILES string of the molecule is CCC(N(CCO)CCO)N(CCO)CCO. The zero-order chi connectivity index (χ0) is 13.1. The summed E-state index contributed by atoms with van der Waals surface area (Å²) in [5.41, 5.74) is 0. The van der Waals surface area contributed by atoms with Crippen LogP contribution in [0.25, 0.3) is 0 Å². The molecule has 0 fully saturated rings. The molecule has 0 saturated heterocycles. The van der Waals surface area contributed by atoms with Gasteiger partial charge in [0.25, 0.3) is 0 Å². The van der Waals surface area contributed by atoms with E-state index in [1.807, 2.05) is 16.7 Å². The number of aliphatic hydroxyl groups excluding tert-OH is 4. The second-order valence-corrected chi connectivity index (χ2v) is 3.86. The molecule has 0 aromatic heterocycles. The van der Waals surface area contributed by atoms with Crippen molar-refractivity contribution in [3.05, 3.63) is 0 Å². The Morgan fingerprint density at radius 1 is 0.706 bits per heavy atom. The van der Waals surface area contributed by atoms with Gasteiger partial charge in [0.2, 0.25) is 0 Å². The van der Waals surface area contributed by atoms with Crippen molar-refractivity contribution in [1.29, 1.82) is 0 Å². The average molecular weight is 250 g/mol. The van der Waals surface area contributed by atoms with Gasteiger partial charge in [0.15, 0.2) is 0 Å². The van der Waals surface area contributed by atoms with Crippen LogP contribution in [0.4, 0.5) is 0 Å². The van der Waals surface area contributed by atoms with Crippen molar-refractivity contribution in [2.24, 2.45) is 0 Å². The third-order valence-electron chi connectivity index (χ3n) is 2.76. The molecule has 0 aromatic rings. The second kappa shape index (κ2) is 10.9. The van der Waals surface area contributed by atoms with E-state index in [1.54, 1.807) is 0 Å². The highest BCUT2D eigenvalue weighted by molar-refractivity contribution is 4.72. The molecule has 0 bridgehead atoms. The predicted molar refractivity (Wildman–Crippen MR) is 65.6 cm³/mol. The molecule has 0 heterocycles. The number of hydrogen-bond acceptors (Lipinski definition) is 6. The van der Waals surface area contributed by atoms with Crippen LogP contribution in [0, 0.1) is 0 Å². The number of hydrogen-bond donors (Lipinski definition) is 4. The Morgan fingerprint density at radius 2 is 1.00 bits per heavy atom. The summed E-state index contributed by atoms with van der Waals surface area (Å²) in [6.07, 6.45) is 0.827. The fraction of sp³-hybridized carbons (Fsp3) is 1.00. The summed E-state index contributed by atoms with van der Waals surface area (Å²) in [5.74, 6) is 0. The minimum Gasteiger partial charge on any atom is -0.395 e. The molecule has 6 heteroatoms.